The van der Waals surface area contributed by atoms with Gasteiger partial charge in [0.15, 0.2) is 0 Å². The van der Waals surface area contributed by atoms with Gasteiger partial charge in [0.2, 0.25) is 5.91 Å². The van der Waals surface area contributed by atoms with Crippen LogP contribution in [0, 0.1) is 11.7 Å². The van der Waals surface area contributed by atoms with E-state index in [9.17, 15) is 9.18 Å². The molecule has 1 aliphatic heterocycles. The lowest BCUT2D eigenvalue weighted by Crippen LogP contribution is -2.24. The number of anilines is 1. The summed E-state index contributed by atoms with van der Waals surface area (Å²) in [6.07, 6.45) is 0.414. The molecule has 1 amide bonds. The SMILES string of the molecule is O=C1CC(CCl)CN1c1cc(F)cc(Cl)c1. The van der Waals surface area contributed by atoms with Crippen LogP contribution in [-0.2, 0) is 4.79 Å². The summed E-state index contributed by atoms with van der Waals surface area (Å²) in [7, 11) is 0. The Morgan fingerprint density at radius 2 is 2.19 bits per heavy atom. The molecule has 0 aromatic heterocycles. The highest BCUT2D eigenvalue weighted by Gasteiger charge is 2.30. The molecule has 1 aliphatic rings. The first-order valence-corrected chi connectivity index (χ1v) is 5.84. The molecule has 0 saturated carbocycles. The lowest BCUT2D eigenvalue weighted by molar-refractivity contribution is -0.117. The molecule has 0 N–H and O–H groups in total. The fraction of sp³-hybridized carbons (Fsp3) is 0.364. The number of amides is 1. The molecule has 1 heterocycles. The summed E-state index contributed by atoms with van der Waals surface area (Å²) >= 11 is 11.5. The Bertz CT molecular complexity index is 404. The molecule has 0 bridgehead atoms. The summed E-state index contributed by atoms with van der Waals surface area (Å²) in [6.45, 7) is 0.530. The summed E-state index contributed by atoms with van der Waals surface area (Å²) < 4.78 is 13.1. The van der Waals surface area contributed by atoms with Crippen molar-refractivity contribution in [1.29, 1.82) is 0 Å². The highest BCUT2D eigenvalue weighted by molar-refractivity contribution is 6.31. The first kappa shape index (κ1) is 11.7. The van der Waals surface area contributed by atoms with E-state index >= 15 is 0 Å². The molecule has 1 atom stereocenters. The van der Waals surface area contributed by atoms with Crippen molar-refractivity contribution in [3.63, 3.8) is 0 Å². The third-order valence-corrected chi connectivity index (χ3v) is 3.24. The average molecular weight is 262 g/mol. The predicted molar refractivity (Wildman–Crippen MR) is 62.6 cm³/mol. The van der Waals surface area contributed by atoms with E-state index in [1.165, 1.54) is 17.0 Å². The maximum Gasteiger partial charge on any atom is 0.227 e. The van der Waals surface area contributed by atoms with Gasteiger partial charge in [0, 0.05) is 29.6 Å². The van der Waals surface area contributed by atoms with E-state index in [2.05, 4.69) is 0 Å². The number of carbonyl (C=O) groups excluding carboxylic acids is 1. The predicted octanol–water partition coefficient (Wildman–Crippen LogP) is 3.07. The van der Waals surface area contributed by atoms with E-state index in [0.717, 1.165) is 0 Å². The highest BCUT2D eigenvalue weighted by atomic mass is 35.5. The number of rotatable bonds is 2. The van der Waals surface area contributed by atoms with E-state index in [1.807, 2.05) is 0 Å². The smallest absolute Gasteiger partial charge is 0.227 e. The monoisotopic (exact) mass is 261 g/mol. The van der Waals surface area contributed by atoms with Gasteiger partial charge in [-0.3, -0.25) is 4.79 Å². The largest absolute Gasteiger partial charge is 0.312 e. The van der Waals surface area contributed by atoms with Crippen molar-refractivity contribution < 1.29 is 9.18 Å². The summed E-state index contributed by atoms with van der Waals surface area (Å²) in [6, 6.07) is 4.10. The van der Waals surface area contributed by atoms with Crippen LogP contribution in [0.1, 0.15) is 6.42 Å². The van der Waals surface area contributed by atoms with Crippen LogP contribution in [-0.4, -0.2) is 18.3 Å². The molecule has 2 nitrogen and oxygen atoms in total. The molecule has 1 saturated heterocycles. The Morgan fingerprint density at radius 3 is 2.75 bits per heavy atom. The molecular weight excluding hydrogens is 252 g/mol. The lowest BCUT2D eigenvalue weighted by Gasteiger charge is -2.16. The molecule has 16 heavy (non-hydrogen) atoms. The van der Waals surface area contributed by atoms with Gasteiger partial charge in [-0.25, -0.2) is 4.39 Å². The Labute approximate surface area is 103 Å². The zero-order valence-corrected chi connectivity index (χ0v) is 9.93. The van der Waals surface area contributed by atoms with Crippen molar-refractivity contribution in [2.75, 3.05) is 17.3 Å². The molecule has 2 rings (SSSR count). The van der Waals surface area contributed by atoms with Crippen LogP contribution >= 0.6 is 23.2 Å². The summed E-state index contributed by atoms with van der Waals surface area (Å²) in [5, 5.41) is 0.289. The zero-order chi connectivity index (χ0) is 11.7. The maximum atomic E-state index is 13.1. The standard InChI is InChI=1S/C11H10Cl2FNO/c12-5-7-1-11(16)15(6-7)10-3-8(13)2-9(14)4-10/h2-4,7H,1,5-6H2. The van der Waals surface area contributed by atoms with Gasteiger partial charge in [-0.15, -0.1) is 11.6 Å². The fourth-order valence-electron chi connectivity index (χ4n) is 1.83. The van der Waals surface area contributed by atoms with Gasteiger partial charge >= 0.3 is 0 Å². The van der Waals surface area contributed by atoms with E-state index < -0.39 is 5.82 Å². The van der Waals surface area contributed by atoms with Crippen molar-refractivity contribution >= 4 is 34.8 Å². The van der Waals surface area contributed by atoms with Crippen LogP contribution in [0.4, 0.5) is 10.1 Å². The lowest BCUT2D eigenvalue weighted by atomic mass is 10.1. The van der Waals surface area contributed by atoms with E-state index in [0.29, 0.717) is 24.5 Å². The van der Waals surface area contributed by atoms with E-state index in [1.54, 1.807) is 6.07 Å². The van der Waals surface area contributed by atoms with Crippen LogP contribution in [0.5, 0.6) is 0 Å². The van der Waals surface area contributed by atoms with Gasteiger partial charge in [-0.2, -0.15) is 0 Å². The highest BCUT2D eigenvalue weighted by Crippen LogP contribution is 2.28. The minimum Gasteiger partial charge on any atom is -0.312 e. The second-order valence-corrected chi connectivity index (χ2v) is 4.60. The number of benzene rings is 1. The second kappa shape index (κ2) is 4.60. The molecule has 0 radical (unpaired) electrons. The number of hydrogen-bond acceptors (Lipinski definition) is 1. The normalized spacial score (nSPS) is 20.6. The van der Waals surface area contributed by atoms with E-state index in [4.69, 9.17) is 23.2 Å². The Hall–Kier alpha value is -0.800. The van der Waals surface area contributed by atoms with Crippen molar-refractivity contribution in [3.8, 4) is 0 Å². The fourth-order valence-corrected chi connectivity index (χ4v) is 2.25. The summed E-state index contributed by atoms with van der Waals surface area (Å²) in [5.41, 5.74) is 0.502. The van der Waals surface area contributed by atoms with Gasteiger partial charge < -0.3 is 4.90 Å². The molecule has 1 unspecified atom stereocenters. The molecule has 1 aromatic carbocycles. The number of alkyl halides is 1. The molecule has 0 spiro atoms. The Morgan fingerprint density at radius 1 is 1.44 bits per heavy atom. The maximum absolute atomic E-state index is 13.1. The molecule has 86 valence electrons. The van der Waals surface area contributed by atoms with Crippen LogP contribution in [0.3, 0.4) is 0 Å². The van der Waals surface area contributed by atoms with Gasteiger partial charge in [0.25, 0.3) is 0 Å². The van der Waals surface area contributed by atoms with Crippen LogP contribution in [0.25, 0.3) is 0 Å². The number of hydrogen-bond donors (Lipinski definition) is 0. The minimum absolute atomic E-state index is 0.0349. The Kier molecular flexibility index (Phi) is 3.36. The van der Waals surface area contributed by atoms with Gasteiger partial charge in [-0.1, -0.05) is 11.6 Å². The summed E-state index contributed by atoms with van der Waals surface area (Å²) in [5.74, 6) is 0.0961. The van der Waals surface area contributed by atoms with Crippen molar-refractivity contribution in [3.05, 3.63) is 29.0 Å². The molecule has 1 aromatic rings. The number of carbonyl (C=O) groups is 1. The van der Waals surface area contributed by atoms with Crippen LogP contribution in [0.2, 0.25) is 5.02 Å². The molecule has 5 heteroatoms. The van der Waals surface area contributed by atoms with Gasteiger partial charge in [0.05, 0.1) is 0 Å². The van der Waals surface area contributed by atoms with E-state index in [-0.39, 0.29) is 16.8 Å². The number of nitrogens with zero attached hydrogens (tertiary/aromatic N) is 1. The minimum atomic E-state index is -0.440. The third kappa shape index (κ3) is 2.30. The quantitative estimate of drug-likeness (QED) is 0.750. The third-order valence-electron chi connectivity index (χ3n) is 2.58. The average Bonchev–Trinajstić information content (AvgIpc) is 2.58. The first-order valence-electron chi connectivity index (χ1n) is 4.92. The molecule has 0 aliphatic carbocycles. The first-order chi connectivity index (χ1) is 7.60. The topological polar surface area (TPSA) is 20.3 Å². The van der Waals surface area contributed by atoms with Crippen molar-refractivity contribution in [1.82, 2.24) is 0 Å². The molecule has 1 fully saturated rings. The van der Waals surface area contributed by atoms with Crippen molar-refractivity contribution in [2.45, 2.75) is 6.42 Å². The van der Waals surface area contributed by atoms with Crippen molar-refractivity contribution in [2.24, 2.45) is 5.92 Å². The molecular formula is C11H10Cl2FNO. The second-order valence-electron chi connectivity index (χ2n) is 3.86. The summed E-state index contributed by atoms with van der Waals surface area (Å²) in [4.78, 5) is 13.2. The van der Waals surface area contributed by atoms with Crippen LogP contribution < -0.4 is 4.90 Å². The van der Waals surface area contributed by atoms with Gasteiger partial charge in [0.1, 0.15) is 5.82 Å². The van der Waals surface area contributed by atoms with Gasteiger partial charge in [-0.05, 0) is 24.1 Å². The van der Waals surface area contributed by atoms with Crippen LogP contribution in [0.15, 0.2) is 18.2 Å². The zero-order valence-electron chi connectivity index (χ0n) is 8.42. The number of halogens is 3. The Balaban J connectivity index is 2.27.